The first kappa shape index (κ1) is 27.2. The second-order valence-corrected chi connectivity index (χ2v) is 10.6. The van der Waals surface area contributed by atoms with Gasteiger partial charge in [0.05, 0.1) is 13.2 Å². The first-order valence-corrected chi connectivity index (χ1v) is 13.9. The summed E-state index contributed by atoms with van der Waals surface area (Å²) in [4.78, 5) is 44.5. The van der Waals surface area contributed by atoms with Crippen LogP contribution in [-0.2, 0) is 11.3 Å². The van der Waals surface area contributed by atoms with Gasteiger partial charge >= 0.3 is 0 Å². The molecule has 2 atom stereocenters. The Balaban J connectivity index is 1.31. The number of rotatable bonds is 2. The van der Waals surface area contributed by atoms with Gasteiger partial charge in [-0.1, -0.05) is 6.07 Å². The van der Waals surface area contributed by atoms with E-state index in [2.05, 4.69) is 15.6 Å². The molecule has 4 aromatic rings. The van der Waals surface area contributed by atoms with Crippen molar-refractivity contribution in [2.75, 3.05) is 26.8 Å². The molecule has 3 aliphatic heterocycles. The number of nitrogens with zero attached hydrogens (tertiary/aromatic N) is 1. The molecule has 1 fully saturated rings. The number of aryl methyl sites for hydroxylation is 1. The van der Waals surface area contributed by atoms with Crippen molar-refractivity contribution in [1.82, 2.24) is 20.5 Å². The molecule has 3 aliphatic rings. The summed E-state index contributed by atoms with van der Waals surface area (Å²) in [6.45, 7) is 2.63. The van der Waals surface area contributed by atoms with Gasteiger partial charge in [0.1, 0.15) is 23.4 Å². The molecule has 10 nitrogen and oxygen atoms in total. The molecule has 216 valence electrons. The lowest BCUT2D eigenvalue weighted by Gasteiger charge is -2.39. The highest BCUT2D eigenvalue weighted by molar-refractivity contribution is 5.98. The topological polar surface area (TPSA) is 122 Å². The van der Waals surface area contributed by atoms with Crippen LogP contribution in [0.4, 0.5) is 0 Å². The molecule has 4 bridgehead atoms. The van der Waals surface area contributed by atoms with E-state index < -0.39 is 12.1 Å². The minimum atomic E-state index is -0.499. The SMILES string of the molecule is COc1cc2ccc1CNC(=O)COc1cc(ccc1C)C(=O)N[C@H]1CN(C(=O)c3ccc4[nH]ccc4c3)CC[C@H]1O2. The molecule has 4 heterocycles. The number of aromatic nitrogens is 1. The molecule has 42 heavy (non-hydrogen) atoms. The Morgan fingerprint density at radius 3 is 2.79 bits per heavy atom. The van der Waals surface area contributed by atoms with Crippen LogP contribution in [0.25, 0.3) is 10.9 Å². The average Bonchev–Trinajstić information content (AvgIpc) is 3.48. The summed E-state index contributed by atoms with van der Waals surface area (Å²) in [5, 5.41) is 6.90. The number of carbonyl (C=O) groups excluding carboxylic acids is 3. The monoisotopic (exact) mass is 568 g/mol. The molecule has 3 N–H and O–H groups in total. The van der Waals surface area contributed by atoms with E-state index in [-0.39, 0.29) is 37.4 Å². The van der Waals surface area contributed by atoms with Crippen molar-refractivity contribution in [3.63, 3.8) is 0 Å². The number of methoxy groups -OCH3 is 1. The second kappa shape index (κ2) is 11.5. The fraction of sp³-hybridized carbons (Fsp3) is 0.281. The molecule has 10 heteroatoms. The maximum atomic E-state index is 13.6. The van der Waals surface area contributed by atoms with Crippen LogP contribution in [-0.4, -0.2) is 66.6 Å². The van der Waals surface area contributed by atoms with Crippen molar-refractivity contribution in [3.8, 4) is 17.2 Å². The second-order valence-electron chi connectivity index (χ2n) is 10.6. The Morgan fingerprint density at radius 2 is 1.93 bits per heavy atom. The summed E-state index contributed by atoms with van der Waals surface area (Å²) < 4.78 is 17.8. The first-order chi connectivity index (χ1) is 20.4. The normalized spacial score (nSPS) is 19.1. The van der Waals surface area contributed by atoms with Crippen LogP contribution < -0.4 is 24.8 Å². The summed E-state index contributed by atoms with van der Waals surface area (Å²) in [6, 6.07) is 17.6. The quantitative estimate of drug-likeness (QED) is 0.340. The fourth-order valence-corrected chi connectivity index (χ4v) is 5.42. The molecule has 1 aromatic heterocycles. The number of aromatic amines is 1. The maximum absolute atomic E-state index is 13.6. The van der Waals surface area contributed by atoms with Gasteiger partial charge in [0.2, 0.25) is 0 Å². The van der Waals surface area contributed by atoms with Crippen molar-refractivity contribution in [1.29, 1.82) is 0 Å². The van der Waals surface area contributed by atoms with E-state index in [0.29, 0.717) is 41.3 Å². The molecule has 0 saturated carbocycles. The summed E-state index contributed by atoms with van der Waals surface area (Å²) in [5.74, 6) is 0.828. The third-order valence-corrected chi connectivity index (χ3v) is 7.78. The Morgan fingerprint density at radius 1 is 1.05 bits per heavy atom. The van der Waals surface area contributed by atoms with Gasteiger partial charge in [-0.25, -0.2) is 0 Å². The average molecular weight is 569 g/mol. The Bertz CT molecular complexity index is 1660. The standard InChI is InChI=1S/C32H32N4O6/c1-19-3-4-21-14-28(19)41-18-30(37)34-16-23-5-7-24(15-29(23)40-2)42-27-10-12-36(17-26(27)35-31(21)38)32(39)22-6-8-25-20(13-22)9-11-33-25/h3-9,11,13-15,26-27,33H,10,12,16-18H2,1-2H3,(H,34,37)(H,35,38)/t26-,27+/m0/s1. The highest BCUT2D eigenvalue weighted by atomic mass is 16.5. The molecule has 7 rings (SSSR count). The van der Waals surface area contributed by atoms with Crippen LogP contribution in [0.1, 0.15) is 38.3 Å². The number of nitrogens with one attached hydrogen (secondary N) is 3. The number of likely N-dealkylation sites (tertiary alicyclic amines) is 1. The molecule has 0 radical (unpaired) electrons. The number of hydrogen-bond donors (Lipinski definition) is 3. The number of amides is 3. The number of hydrogen-bond acceptors (Lipinski definition) is 6. The van der Waals surface area contributed by atoms with E-state index in [4.69, 9.17) is 14.2 Å². The van der Waals surface area contributed by atoms with Crippen molar-refractivity contribution in [3.05, 3.63) is 89.1 Å². The van der Waals surface area contributed by atoms with Crippen molar-refractivity contribution in [2.45, 2.75) is 32.0 Å². The first-order valence-electron chi connectivity index (χ1n) is 13.9. The van der Waals surface area contributed by atoms with Gasteiger partial charge in [-0.05, 0) is 61.0 Å². The van der Waals surface area contributed by atoms with Gasteiger partial charge in [0, 0.05) is 65.9 Å². The van der Waals surface area contributed by atoms with Gasteiger partial charge in [-0.3, -0.25) is 14.4 Å². The molecular weight excluding hydrogens is 536 g/mol. The minimum absolute atomic E-state index is 0.108. The van der Waals surface area contributed by atoms with Crippen molar-refractivity contribution < 1.29 is 28.6 Å². The van der Waals surface area contributed by atoms with Crippen LogP contribution in [0.3, 0.4) is 0 Å². The van der Waals surface area contributed by atoms with Crippen LogP contribution in [0.5, 0.6) is 17.2 Å². The van der Waals surface area contributed by atoms with Gasteiger partial charge in [0.15, 0.2) is 6.61 Å². The predicted molar refractivity (Wildman–Crippen MR) is 156 cm³/mol. The summed E-state index contributed by atoms with van der Waals surface area (Å²) >= 11 is 0. The van der Waals surface area contributed by atoms with E-state index in [1.807, 2.05) is 49.5 Å². The zero-order valence-electron chi connectivity index (χ0n) is 23.4. The van der Waals surface area contributed by atoms with E-state index >= 15 is 0 Å². The molecule has 0 spiro atoms. The van der Waals surface area contributed by atoms with Gasteiger partial charge < -0.3 is 34.7 Å². The third-order valence-electron chi connectivity index (χ3n) is 7.78. The van der Waals surface area contributed by atoms with Crippen LogP contribution in [0, 0.1) is 6.92 Å². The lowest BCUT2D eigenvalue weighted by atomic mass is 9.99. The smallest absolute Gasteiger partial charge is 0.258 e. The molecular formula is C32H32N4O6. The Labute approximate surface area is 242 Å². The van der Waals surface area contributed by atoms with E-state index in [0.717, 1.165) is 22.0 Å². The van der Waals surface area contributed by atoms with Gasteiger partial charge in [-0.15, -0.1) is 0 Å². The maximum Gasteiger partial charge on any atom is 0.258 e. The van der Waals surface area contributed by atoms with Crippen LogP contribution in [0.2, 0.25) is 0 Å². The fourth-order valence-electron chi connectivity index (χ4n) is 5.42. The summed E-state index contributed by atoms with van der Waals surface area (Å²) in [6.07, 6.45) is 1.94. The molecule has 1 saturated heterocycles. The summed E-state index contributed by atoms with van der Waals surface area (Å²) in [7, 11) is 1.56. The van der Waals surface area contributed by atoms with E-state index in [9.17, 15) is 14.4 Å². The summed E-state index contributed by atoms with van der Waals surface area (Å²) in [5.41, 5.74) is 3.50. The molecule has 0 unspecified atom stereocenters. The number of benzene rings is 3. The van der Waals surface area contributed by atoms with Crippen molar-refractivity contribution >= 4 is 28.6 Å². The number of fused-ring (bicyclic) bond motifs is 8. The Kier molecular flexibility index (Phi) is 7.43. The molecule has 3 amide bonds. The molecule has 3 aromatic carbocycles. The van der Waals surface area contributed by atoms with Crippen LogP contribution in [0.15, 0.2) is 66.9 Å². The number of ether oxygens (including phenoxy) is 3. The number of carbonyl (C=O) groups is 3. The lowest BCUT2D eigenvalue weighted by molar-refractivity contribution is -0.123. The van der Waals surface area contributed by atoms with Crippen LogP contribution >= 0.6 is 0 Å². The highest BCUT2D eigenvalue weighted by Gasteiger charge is 2.35. The van der Waals surface area contributed by atoms with Gasteiger partial charge in [0.25, 0.3) is 17.7 Å². The predicted octanol–water partition coefficient (Wildman–Crippen LogP) is 3.59. The zero-order valence-corrected chi connectivity index (χ0v) is 23.4. The van der Waals surface area contributed by atoms with E-state index in [1.54, 1.807) is 36.3 Å². The van der Waals surface area contributed by atoms with E-state index in [1.165, 1.54) is 0 Å². The van der Waals surface area contributed by atoms with Crippen molar-refractivity contribution in [2.24, 2.45) is 0 Å². The number of piperidine rings is 1. The highest BCUT2D eigenvalue weighted by Crippen LogP contribution is 2.28. The Hall–Kier alpha value is -4.99. The zero-order chi connectivity index (χ0) is 29.2. The lowest BCUT2D eigenvalue weighted by Crippen LogP contribution is -2.58. The third kappa shape index (κ3) is 5.60. The minimum Gasteiger partial charge on any atom is -0.496 e. The largest absolute Gasteiger partial charge is 0.496 e. The van der Waals surface area contributed by atoms with Gasteiger partial charge in [-0.2, -0.15) is 0 Å². The number of H-pyrrole nitrogens is 1. The molecule has 0 aliphatic carbocycles.